The van der Waals surface area contributed by atoms with Crippen molar-refractivity contribution in [3.8, 4) is 0 Å². The second-order valence-electron chi connectivity index (χ2n) is 7.49. The fraction of sp³-hybridized carbons (Fsp3) is 0.167. The predicted molar refractivity (Wildman–Crippen MR) is 130 cm³/mol. The molecule has 3 rings (SSSR count). The van der Waals surface area contributed by atoms with Crippen molar-refractivity contribution in [3.05, 3.63) is 105 Å². The summed E-state index contributed by atoms with van der Waals surface area (Å²) >= 11 is 5.98. The summed E-state index contributed by atoms with van der Waals surface area (Å²) in [4.78, 5) is 29.5. The lowest BCUT2D eigenvalue weighted by molar-refractivity contribution is -0.384. The van der Waals surface area contributed by atoms with E-state index in [1.54, 1.807) is 30.0 Å². The molecule has 3 aromatic carbocycles. The third-order valence-electron chi connectivity index (χ3n) is 4.79. The molecule has 0 aromatic heterocycles. The van der Waals surface area contributed by atoms with E-state index in [1.807, 2.05) is 36.4 Å². The molecule has 0 aliphatic rings. The average Bonchev–Trinajstić information content (AvgIpc) is 2.79. The van der Waals surface area contributed by atoms with Gasteiger partial charge < -0.3 is 16.0 Å². The number of urea groups is 1. The first-order valence-electron chi connectivity index (χ1n) is 10.2. The van der Waals surface area contributed by atoms with Gasteiger partial charge in [-0.1, -0.05) is 54.1 Å². The van der Waals surface area contributed by atoms with E-state index in [1.165, 1.54) is 18.2 Å². The van der Waals surface area contributed by atoms with Crippen molar-refractivity contribution in [1.29, 1.82) is 0 Å². The maximum Gasteiger partial charge on any atom is 0.322 e. The predicted octanol–water partition coefficient (Wildman–Crippen LogP) is 5.36. The monoisotopic (exact) mass is 465 g/mol. The van der Waals surface area contributed by atoms with Crippen molar-refractivity contribution in [3.63, 3.8) is 0 Å². The lowest BCUT2D eigenvalue weighted by Crippen LogP contribution is -2.34. The molecule has 0 aliphatic carbocycles. The van der Waals surface area contributed by atoms with Gasteiger partial charge in [0.15, 0.2) is 0 Å². The summed E-state index contributed by atoms with van der Waals surface area (Å²) in [6.07, 6.45) is 0. The SMILES string of the molecule is CC(N)=NCc1ccc(CN(Cc2ccc(Cl)cc2)C(=O)Nc2cccc([N+](=O)[O-])c2)cc1. The van der Waals surface area contributed by atoms with Crippen LogP contribution < -0.4 is 11.1 Å². The minimum absolute atomic E-state index is 0.0944. The highest BCUT2D eigenvalue weighted by Crippen LogP contribution is 2.19. The van der Waals surface area contributed by atoms with Crippen molar-refractivity contribution < 1.29 is 9.72 Å². The van der Waals surface area contributed by atoms with Gasteiger partial charge in [0.05, 0.1) is 17.3 Å². The summed E-state index contributed by atoms with van der Waals surface area (Å²) in [6.45, 7) is 2.90. The summed E-state index contributed by atoms with van der Waals surface area (Å²) in [7, 11) is 0. The number of hydrogen-bond donors (Lipinski definition) is 2. The Bertz CT molecular complexity index is 1140. The minimum atomic E-state index is -0.501. The number of hydrogen-bond acceptors (Lipinski definition) is 4. The number of nitro groups is 1. The Morgan fingerprint density at radius 3 is 2.18 bits per heavy atom. The van der Waals surface area contributed by atoms with Crippen LogP contribution in [0.2, 0.25) is 5.02 Å². The van der Waals surface area contributed by atoms with E-state index in [0.717, 1.165) is 16.7 Å². The molecule has 0 radical (unpaired) electrons. The van der Waals surface area contributed by atoms with Crippen LogP contribution in [0.1, 0.15) is 23.6 Å². The Labute approximate surface area is 196 Å². The van der Waals surface area contributed by atoms with E-state index in [4.69, 9.17) is 17.3 Å². The van der Waals surface area contributed by atoms with Crippen LogP contribution in [0, 0.1) is 10.1 Å². The zero-order valence-corrected chi connectivity index (χ0v) is 18.8. The van der Waals surface area contributed by atoms with Gasteiger partial charge in [0, 0.05) is 35.9 Å². The van der Waals surface area contributed by atoms with Gasteiger partial charge in [-0.05, 0) is 41.8 Å². The number of rotatable bonds is 8. The second-order valence-corrected chi connectivity index (χ2v) is 7.93. The largest absolute Gasteiger partial charge is 0.388 e. The zero-order chi connectivity index (χ0) is 23.8. The Morgan fingerprint density at radius 1 is 1.03 bits per heavy atom. The van der Waals surface area contributed by atoms with Crippen LogP contribution in [0.3, 0.4) is 0 Å². The lowest BCUT2D eigenvalue weighted by Gasteiger charge is -2.24. The van der Waals surface area contributed by atoms with Gasteiger partial charge in [0.25, 0.3) is 5.69 Å². The van der Waals surface area contributed by atoms with E-state index in [-0.39, 0.29) is 11.7 Å². The second kappa shape index (κ2) is 11.1. The maximum atomic E-state index is 13.1. The molecule has 0 unspecified atom stereocenters. The van der Waals surface area contributed by atoms with Crippen LogP contribution in [0.4, 0.5) is 16.2 Å². The highest BCUT2D eigenvalue weighted by atomic mass is 35.5. The highest BCUT2D eigenvalue weighted by Gasteiger charge is 2.16. The first-order chi connectivity index (χ1) is 15.8. The molecule has 0 bridgehead atoms. The van der Waals surface area contributed by atoms with E-state index in [9.17, 15) is 14.9 Å². The molecule has 0 heterocycles. The number of nitrogens with zero attached hydrogens (tertiary/aromatic N) is 3. The Kier molecular flexibility index (Phi) is 7.99. The number of non-ortho nitro benzene ring substituents is 1. The van der Waals surface area contributed by atoms with Gasteiger partial charge in [0.1, 0.15) is 0 Å². The van der Waals surface area contributed by atoms with E-state index in [2.05, 4.69) is 10.3 Å². The van der Waals surface area contributed by atoms with E-state index >= 15 is 0 Å². The molecule has 0 fully saturated rings. The van der Waals surface area contributed by atoms with Crippen molar-refractivity contribution >= 4 is 34.8 Å². The molecule has 0 saturated heterocycles. The van der Waals surface area contributed by atoms with E-state index < -0.39 is 4.92 Å². The molecule has 0 aliphatic heterocycles. The van der Waals surface area contributed by atoms with Crippen LogP contribution in [0.5, 0.6) is 0 Å². The topological polar surface area (TPSA) is 114 Å². The summed E-state index contributed by atoms with van der Waals surface area (Å²) < 4.78 is 0. The number of aliphatic imine (C=N–C) groups is 1. The number of amidine groups is 1. The fourth-order valence-corrected chi connectivity index (χ4v) is 3.22. The first kappa shape index (κ1) is 23.7. The van der Waals surface area contributed by atoms with Gasteiger partial charge in [-0.25, -0.2) is 4.79 Å². The maximum absolute atomic E-state index is 13.1. The van der Waals surface area contributed by atoms with Gasteiger partial charge in [-0.15, -0.1) is 0 Å². The van der Waals surface area contributed by atoms with Crippen LogP contribution in [-0.4, -0.2) is 21.7 Å². The number of nitrogens with one attached hydrogen (secondary N) is 1. The van der Waals surface area contributed by atoms with Gasteiger partial charge in [0.2, 0.25) is 0 Å². The lowest BCUT2D eigenvalue weighted by atomic mass is 10.1. The standard InChI is InChI=1S/C24H24ClN5O3/c1-17(26)27-14-18-5-7-19(8-6-18)15-29(16-20-9-11-21(25)12-10-20)24(31)28-22-3-2-4-23(13-22)30(32)33/h2-13H,14-16H2,1H3,(H2,26,27)(H,28,31). The molecule has 8 nitrogen and oxygen atoms in total. The average molecular weight is 466 g/mol. The smallest absolute Gasteiger partial charge is 0.322 e. The Balaban J connectivity index is 1.79. The third kappa shape index (κ3) is 7.33. The highest BCUT2D eigenvalue weighted by molar-refractivity contribution is 6.30. The minimum Gasteiger partial charge on any atom is -0.388 e. The number of anilines is 1. The molecule has 33 heavy (non-hydrogen) atoms. The summed E-state index contributed by atoms with van der Waals surface area (Å²) in [5, 5.41) is 14.4. The first-order valence-corrected chi connectivity index (χ1v) is 10.6. The molecule has 170 valence electrons. The number of nitro benzene ring substituents is 1. The molecule has 0 atom stereocenters. The van der Waals surface area contributed by atoms with E-state index in [0.29, 0.717) is 36.2 Å². The molecular formula is C24H24ClN5O3. The fourth-order valence-electron chi connectivity index (χ4n) is 3.10. The van der Waals surface area contributed by atoms with Crippen LogP contribution in [0.25, 0.3) is 0 Å². The molecular weight excluding hydrogens is 442 g/mol. The molecule has 3 aromatic rings. The van der Waals surface area contributed by atoms with Gasteiger partial charge in [-0.2, -0.15) is 0 Å². The normalized spacial score (nSPS) is 11.2. The Morgan fingerprint density at radius 2 is 1.61 bits per heavy atom. The summed E-state index contributed by atoms with van der Waals surface area (Å²) in [5.74, 6) is 0.519. The number of carbonyl (C=O) groups is 1. The molecule has 0 spiro atoms. The molecule has 9 heteroatoms. The quantitative estimate of drug-likeness (QED) is 0.202. The van der Waals surface area contributed by atoms with Gasteiger partial charge in [-0.3, -0.25) is 15.1 Å². The van der Waals surface area contributed by atoms with Gasteiger partial charge >= 0.3 is 6.03 Å². The van der Waals surface area contributed by atoms with Crippen LogP contribution in [-0.2, 0) is 19.6 Å². The van der Waals surface area contributed by atoms with Crippen LogP contribution >= 0.6 is 11.6 Å². The summed E-state index contributed by atoms with van der Waals surface area (Å²) in [5.41, 5.74) is 8.68. The number of nitrogens with two attached hydrogens (primary N) is 1. The van der Waals surface area contributed by atoms with Crippen molar-refractivity contribution in [2.24, 2.45) is 10.7 Å². The third-order valence-corrected chi connectivity index (χ3v) is 5.04. The van der Waals surface area contributed by atoms with Crippen LogP contribution in [0.15, 0.2) is 77.8 Å². The molecule has 3 N–H and O–H groups in total. The number of halogens is 1. The number of carbonyl (C=O) groups excluding carboxylic acids is 1. The van der Waals surface area contributed by atoms with Crippen molar-refractivity contribution in [2.45, 2.75) is 26.6 Å². The van der Waals surface area contributed by atoms with Crippen molar-refractivity contribution in [2.75, 3.05) is 5.32 Å². The Hall–Kier alpha value is -3.91. The molecule has 2 amide bonds. The summed E-state index contributed by atoms with van der Waals surface area (Å²) in [6, 6.07) is 20.5. The molecule has 0 saturated carbocycles. The van der Waals surface area contributed by atoms with Crippen molar-refractivity contribution in [1.82, 2.24) is 4.90 Å². The zero-order valence-electron chi connectivity index (χ0n) is 18.1. The number of amides is 2. The number of benzene rings is 3.